The first-order valence-corrected chi connectivity index (χ1v) is 7.02. The summed E-state index contributed by atoms with van der Waals surface area (Å²) in [5.74, 6) is -0.791. The molecular weight excluding hydrogens is 269 g/mol. The molecule has 1 N–H and O–H groups in total. The Morgan fingerprint density at radius 1 is 1.53 bits per heavy atom. The number of halogens is 2. The van der Waals surface area contributed by atoms with Crippen LogP contribution in [0.4, 0.5) is 10.2 Å². The number of hydrogen-bond donors (Lipinski definition) is 1. The van der Waals surface area contributed by atoms with E-state index in [-0.39, 0.29) is 17.6 Å². The van der Waals surface area contributed by atoms with Gasteiger partial charge in [-0.1, -0.05) is 0 Å². The minimum atomic E-state index is -3.26. The lowest BCUT2D eigenvalue weighted by Crippen LogP contribution is -2.38. The van der Waals surface area contributed by atoms with E-state index in [1.54, 1.807) is 0 Å². The number of sulfone groups is 1. The lowest BCUT2D eigenvalue weighted by Gasteiger charge is -2.23. The molecule has 5 nitrogen and oxygen atoms in total. The van der Waals surface area contributed by atoms with E-state index >= 15 is 0 Å². The van der Waals surface area contributed by atoms with Crippen LogP contribution in [0.5, 0.6) is 0 Å². The second-order valence-corrected chi connectivity index (χ2v) is 7.21. The van der Waals surface area contributed by atoms with Gasteiger partial charge in [-0.05, 0) is 25.4 Å². The fraction of sp³-hybridized carbons (Fsp3) is 0.556. The number of anilines is 1. The summed E-state index contributed by atoms with van der Waals surface area (Å²) in [5, 5.41) is 2.51. The van der Waals surface area contributed by atoms with E-state index in [0.717, 1.165) is 12.5 Å². The van der Waals surface area contributed by atoms with Gasteiger partial charge in [-0.2, -0.15) is 4.98 Å². The Bertz CT molecular complexity index is 519. The minimum Gasteiger partial charge on any atom is -0.366 e. The Morgan fingerprint density at radius 2 is 2.12 bits per heavy atom. The van der Waals surface area contributed by atoms with Crippen molar-refractivity contribution in [3.05, 3.63) is 17.3 Å². The van der Waals surface area contributed by atoms with E-state index in [1.807, 2.05) is 0 Å². The second kappa shape index (κ2) is 4.73. The molecule has 0 amide bonds. The van der Waals surface area contributed by atoms with Crippen molar-refractivity contribution in [3.63, 3.8) is 0 Å². The number of nitrogens with one attached hydrogen (secondary N) is 1. The van der Waals surface area contributed by atoms with Gasteiger partial charge in [0.05, 0.1) is 10.9 Å². The largest absolute Gasteiger partial charge is 0.366 e. The normalized spacial score (nSPS) is 12.5. The first kappa shape index (κ1) is 14.1. The predicted octanol–water partition coefficient (Wildman–Crippen LogP) is 1.50. The molecule has 0 saturated carbocycles. The standard InChI is InChI=1S/C9H13ClFN3O2S/c1-9(2,17(3,15)16)5-13-7-6(11)4-12-8(10)14-7/h4H,5H2,1-3H3,(H,12,13,14). The van der Waals surface area contributed by atoms with Gasteiger partial charge in [0.1, 0.15) is 0 Å². The van der Waals surface area contributed by atoms with E-state index in [1.165, 1.54) is 13.8 Å². The molecule has 0 bridgehead atoms. The van der Waals surface area contributed by atoms with Crippen molar-refractivity contribution in [3.8, 4) is 0 Å². The van der Waals surface area contributed by atoms with Gasteiger partial charge in [0.25, 0.3) is 0 Å². The van der Waals surface area contributed by atoms with Crippen LogP contribution in [0.15, 0.2) is 6.20 Å². The molecule has 0 atom stereocenters. The Balaban J connectivity index is 2.84. The number of nitrogens with zero attached hydrogens (tertiary/aromatic N) is 2. The highest BCUT2D eigenvalue weighted by atomic mass is 35.5. The molecule has 96 valence electrons. The Kier molecular flexibility index (Phi) is 3.93. The fourth-order valence-electron chi connectivity index (χ4n) is 0.897. The molecule has 0 spiro atoms. The van der Waals surface area contributed by atoms with E-state index in [9.17, 15) is 12.8 Å². The lowest BCUT2D eigenvalue weighted by atomic mass is 10.2. The van der Waals surface area contributed by atoms with Crippen molar-refractivity contribution in [1.82, 2.24) is 9.97 Å². The van der Waals surface area contributed by atoms with Gasteiger partial charge in [0.2, 0.25) is 5.28 Å². The molecule has 8 heteroatoms. The van der Waals surface area contributed by atoms with Crippen molar-refractivity contribution < 1.29 is 12.8 Å². The van der Waals surface area contributed by atoms with Gasteiger partial charge in [0.15, 0.2) is 21.5 Å². The van der Waals surface area contributed by atoms with Crippen LogP contribution >= 0.6 is 11.6 Å². The average Bonchev–Trinajstić information content (AvgIpc) is 2.18. The summed E-state index contributed by atoms with van der Waals surface area (Å²) in [6.45, 7) is 3.10. The smallest absolute Gasteiger partial charge is 0.224 e. The summed E-state index contributed by atoms with van der Waals surface area (Å²) in [6.07, 6.45) is 2.04. The Hall–Kier alpha value is -0.950. The average molecular weight is 282 g/mol. The van der Waals surface area contributed by atoms with Gasteiger partial charge >= 0.3 is 0 Å². The third-order valence-corrected chi connectivity index (χ3v) is 4.73. The third-order valence-electron chi connectivity index (χ3n) is 2.40. The fourth-order valence-corrected chi connectivity index (χ4v) is 1.36. The monoisotopic (exact) mass is 281 g/mol. The quantitative estimate of drug-likeness (QED) is 0.847. The van der Waals surface area contributed by atoms with Crippen molar-refractivity contribution >= 4 is 27.3 Å². The van der Waals surface area contributed by atoms with E-state index in [2.05, 4.69) is 15.3 Å². The molecule has 0 aliphatic rings. The van der Waals surface area contributed by atoms with Gasteiger partial charge in [-0.3, -0.25) is 0 Å². The maximum Gasteiger partial charge on any atom is 0.224 e. The molecule has 0 saturated heterocycles. The van der Waals surface area contributed by atoms with Crippen LogP contribution < -0.4 is 5.32 Å². The molecule has 1 rings (SSSR count). The van der Waals surface area contributed by atoms with Crippen LogP contribution in [0.1, 0.15) is 13.8 Å². The molecule has 1 aromatic rings. The van der Waals surface area contributed by atoms with Crippen molar-refractivity contribution in [1.29, 1.82) is 0 Å². The van der Waals surface area contributed by atoms with Crippen LogP contribution in [0.25, 0.3) is 0 Å². The highest BCUT2D eigenvalue weighted by Crippen LogP contribution is 2.18. The number of rotatable bonds is 4. The zero-order valence-corrected chi connectivity index (χ0v) is 11.2. The summed E-state index contributed by atoms with van der Waals surface area (Å²) in [5.41, 5.74) is 0. The maximum atomic E-state index is 13.2. The Labute approximate surface area is 104 Å². The van der Waals surface area contributed by atoms with Crippen LogP contribution in [-0.4, -0.2) is 35.9 Å². The summed E-state index contributed by atoms with van der Waals surface area (Å²) in [6, 6.07) is 0. The molecule has 0 unspecified atom stereocenters. The summed E-state index contributed by atoms with van der Waals surface area (Å²) >= 11 is 5.51. The summed E-state index contributed by atoms with van der Waals surface area (Å²) in [7, 11) is -3.26. The highest BCUT2D eigenvalue weighted by molar-refractivity contribution is 7.92. The lowest BCUT2D eigenvalue weighted by molar-refractivity contribution is 0.557. The van der Waals surface area contributed by atoms with Crippen molar-refractivity contribution in [2.75, 3.05) is 18.1 Å². The van der Waals surface area contributed by atoms with Crippen LogP contribution in [0, 0.1) is 5.82 Å². The molecule has 1 aromatic heterocycles. The summed E-state index contributed by atoms with van der Waals surface area (Å²) < 4.78 is 35.1. The molecule has 0 fully saturated rings. The van der Waals surface area contributed by atoms with Crippen molar-refractivity contribution in [2.45, 2.75) is 18.6 Å². The number of hydrogen-bond acceptors (Lipinski definition) is 5. The third kappa shape index (κ3) is 3.50. The highest BCUT2D eigenvalue weighted by Gasteiger charge is 2.30. The predicted molar refractivity (Wildman–Crippen MR) is 64.4 cm³/mol. The first-order chi connectivity index (χ1) is 7.63. The van der Waals surface area contributed by atoms with Gasteiger partial charge in [-0.15, -0.1) is 0 Å². The molecule has 0 radical (unpaired) electrons. The molecule has 0 aliphatic heterocycles. The molecule has 17 heavy (non-hydrogen) atoms. The SMILES string of the molecule is CC(C)(CNc1nc(Cl)ncc1F)S(C)(=O)=O. The zero-order chi connectivity index (χ0) is 13.3. The molecule has 0 aliphatic carbocycles. The zero-order valence-electron chi connectivity index (χ0n) is 9.66. The van der Waals surface area contributed by atoms with Gasteiger partial charge < -0.3 is 5.32 Å². The van der Waals surface area contributed by atoms with Gasteiger partial charge in [-0.25, -0.2) is 17.8 Å². The molecule has 0 aromatic carbocycles. The molecule has 1 heterocycles. The van der Waals surface area contributed by atoms with E-state index in [4.69, 9.17) is 11.6 Å². The van der Waals surface area contributed by atoms with E-state index < -0.39 is 20.4 Å². The summed E-state index contributed by atoms with van der Waals surface area (Å²) in [4.78, 5) is 7.08. The second-order valence-electron chi connectivity index (χ2n) is 4.22. The topological polar surface area (TPSA) is 72.0 Å². The van der Waals surface area contributed by atoms with Gasteiger partial charge in [0, 0.05) is 12.8 Å². The Morgan fingerprint density at radius 3 is 2.65 bits per heavy atom. The number of aromatic nitrogens is 2. The minimum absolute atomic E-state index is 0.0239. The maximum absolute atomic E-state index is 13.2. The first-order valence-electron chi connectivity index (χ1n) is 4.75. The van der Waals surface area contributed by atoms with E-state index in [0.29, 0.717) is 0 Å². The van der Waals surface area contributed by atoms with Crippen molar-refractivity contribution in [2.24, 2.45) is 0 Å². The molecular formula is C9H13ClFN3O2S. The van der Waals surface area contributed by atoms with Crippen LogP contribution in [0.2, 0.25) is 5.28 Å². The van der Waals surface area contributed by atoms with Crippen LogP contribution in [-0.2, 0) is 9.84 Å². The van der Waals surface area contributed by atoms with Crippen LogP contribution in [0.3, 0.4) is 0 Å².